The highest BCUT2D eigenvalue weighted by molar-refractivity contribution is 5.98. The number of para-hydroxylation sites is 1. The van der Waals surface area contributed by atoms with Crippen LogP contribution in [0.5, 0.6) is 5.75 Å². The summed E-state index contributed by atoms with van der Waals surface area (Å²) in [7, 11) is 0. The summed E-state index contributed by atoms with van der Waals surface area (Å²) in [5, 5.41) is 0. The van der Waals surface area contributed by atoms with Crippen molar-refractivity contribution in [1.29, 1.82) is 0 Å². The first kappa shape index (κ1) is 17.2. The number of hydrogen-bond acceptors (Lipinski definition) is 3. The zero-order chi connectivity index (χ0) is 17.6. The van der Waals surface area contributed by atoms with Gasteiger partial charge in [0.25, 0.3) is 5.91 Å². The molecule has 1 saturated heterocycles. The zero-order valence-corrected chi connectivity index (χ0v) is 14.4. The van der Waals surface area contributed by atoms with E-state index in [1.807, 2.05) is 65.6 Å². The van der Waals surface area contributed by atoms with Crippen molar-refractivity contribution in [2.24, 2.45) is 5.92 Å². The molecule has 1 atom stereocenters. The van der Waals surface area contributed by atoms with Gasteiger partial charge in [0.1, 0.15) is 5.75 Å². The second kappa shape index (κ2) is 7.97. The van der Waals surface area contributed by atoms with E-state index in [9.17, 15) is 9.59 Å². The molecule has 0 saturated carbocycles. The molecular weight excluding hydrogens is 314 g/mol. The first-order valence-corrected chi connectivity index (χ1v) is 8.75. The molecule has 0 radical (unpaired) electrons. The first-order valence-electron chi connectivity index (χ1n) is 8.75. The second-order valence-corrected chi connectivity index (χ2v) is 6.40. The Morgan fingerprint density at radius 1 is 0.960 bits per heavy atom. The maximum absolute atomic E-state index is 12.6. The Hall–Kier alpha value is -2.62. The maximum Gasteiger partial charge on any atom is 0.263 e. The van der Waals surface area contributed by atoms with Gasteiger partial charge < -0.3 is 9.64 Å². The van der Waals surface area contributed by atoms with Crippen molar-refractivity contribution in [2.45, 2.75) is 25.9 Å². The van der Waals surface area contributed by atoms with E-state index in [-0.39, 0.29) is 17.6 Å². The van der Waals surface area contributed by atoms with E-state index in [1.165, 1.54) is 0 Å². The highest BCUT2D eigenvalue weighted by atomic mass is 16.5. The highest BCUT2D eigenvalue weighted by Gasteiger charge is 2.30. The van der Waals surface area contributed by atoms with Crippen LogP contribution >= 0.6 is 0 Å². The summed E-state index contributed by atoms with van der Waals surface area (Å²) in [5.74, 6) is 0.852. The van der Waals surface area contributed by atoms with Crippen LogP contribution in [-0.2, 0) is 4.79 Å². The largest absolute Gasteiger partial charge is 0.481 e. The van der Waals surface area contributed by atoms with E-state index >= 15 is 0 Å². The third-order valence-electron chi connectivity index (χ3n) is 4.64. The molecule has 4 heteroatoms. The van der Waals surface area contributed by atoms with Gasteiger partial charge in [-0.05, 0) is 31.9 Å². The summed E-state index contributed by atoms with van der Waals surface area (Å²) in [6, 6.07) is 18.7. The van der Waals surface area contributed by atoms with Crippen LogP contribution in [0, 0.1) is 5.92 Å². The van der Waals surface area contributed by atoms with E-state index in [2.05, 4.69) is 0 Å². The fraction of sp³-hybridized carbons (Fsp3) is 0.333. The molecule has 0 aliphatic carbocycles. The lowest BCUT2D eigenvalue weighted by atomic mass is 9.89. The van der Waals surface area contributed by atoms with Crippen LogP contribution in [0.3, 0.4) is 0 Å². The van der Waals surface area contributed by atoms with E-state index < -0.39 is 6.10 Å². The van der Waals surface area contributed by atoms with Gasteiger partial charge in [-0.25, -0.2) is 0 Å². The number of hydrogen-bond donors (Lipinski definition) is 0. The van der Waals surface area contributed by atoms with Crippen LogP contribution in [0.4, 0.5) is 0 Å². The predicted molar refractivity (Wildman–Crippen MR) is 96.6 cm³/mol. The van der Waals surface area contributed by atoms with Crippen molar-refractivity contribution in [1.82, 2.24) is 4.90 Å². The van der Waals surface area contributed by atoms with Gasteiger partial charge in [-0.1, -0.05) is 48.5 Å². The Bertz CT molecular complexity index is 706. The number of ketones is 1. The van der Waals surface area contributed by atoms with Crippen molar-refractivity contribution in [3.63, 3.8) is 0 Å². The summed E-state index contributed by atoms with van der Waals surface area (Å²) in [6.45, 7) is 2.98. The molecule has 130 valence electrons. The second-order valence-electron chi connectivity index (χ2n) is 6.40. The lowest BCUT2D eigenvalue weighted by Gasteiger charge is -2.33. The first-order chi connectivity index (χ1) is 12.1. The fourth-order valence-electron chi connectivity index (χ4n) is 3.21. The summed E-state index contributed by atoms with van der Waals surface area (Å²) < 4.78 is 5.71. The number of piperidine rings is 1. The Labute approximate surface area is 148 Å². The Balaban J connectivity index is 1.53. The van der Waals surface area contributed by atoms with Crippen molar-refractivity contribution in [3.05, 3.63) is 66.2 Å². The van der Waals surface area contributed by atoms with E-state index in [0.29, 0.717) is 31.7 Å². The molecule has 1 unspecified atom stereocenters. The summed E-state index contributed by atoms with van der Waals surface area (Å²) >= 11 is 0. The Kier molecular flexibility index (Phi) is 5.49. The van der Waals surface area contributed by atoms with Crippen molar-refractivity contribution < 1.29 is 14.3 Å². The average molecular weight is 337 g/mol. The molecule has 0 bridgehead atoms. The number of benzene rings is 2. The topological polar surface area (TPSA) is 46.6 Å². The quantitative estimate of drug-likeness (QED) is 0.784. The molecule has 1 aliphatic heterocycles. The predicted octanol–water partition coefficient (Wildman–Crippen LogP) is 3.58. The van der Waals surface area contributed by atoms with Crippen molar-refractivity contribution in [2.75, 3.05) is 13.1 Å². The number of rotatable bonds is 5. The number of nitrogens with zero attached hydrogens (tertiary/aromatic N) is 1. The molecule has 3 rings (SSSR count). The van der Waals surface area contributed by atoms with Gasteiger partial charge in [-0.3, -0.25) is 9.59 Å². The van der Waals surface area contributed by atoms with Gasteiger partial charge in [0.15, 0.2) is 11.9 Å². The summed E-state index contributed by atoms with van der Waals surface area (Å²) in [6.07, 6.45) is 0.887. The third-order valence-corrected chi connectivity index (χ3v) is 4.64. The highest BCUT2D eigenvalue weighted by Crippen LogP contribution is 2.23. The van der Waals surface area contributed by atoms with Crippen LogP contribution in [0.1, 0.15) is 30.1 Å². The molecule has 0 spiro atoms. The smallest absolute Gasteiger partial charge is 0.263 e. The monoisotopic (exact) mass is 337 g/mol. The molecule has 25 heavy (non-hydrogen) atoms. The molecule has 1 amide bonds. The van der Waals surface area contributed by atoms with Crippen molar-refractivity contribution in [3.8, 4) is 5.75 Å². The van der Waals surface area contributed by atoms with Gasteiger partial charge in [0, 0.05) is 24.6 Å². The minimum Gasteiger partial charge on any atom is -0.481 e. The number of amides is 1. The molecule has 0 N–H and O–H groups in total. The number of likely N-dealkylation sites (tertiary alicyclic amines) is 1. The van der Waals surface area contributed by atoms with Crippen LogP contribution in [0.15, 0.2) is 60.7 Å². The fourth-order valence-corrected chi connectivity index (χ4v) is 3.21. The molecule has 2 aromatic rings. The van der Waals surface area contributed by atoms with E-state index in [0.717, 1.165) is 5.56 Å². The van der Waals surface area contributed by atoms with Gasteiger partial charge in [-0.15, -0.1) is 0 Å². The normalized spacial score (nSPS) is 16.3. The molecule has 1 heterocycles. The van der Waals surface area contributed by atoms with Crippen LogP contribution in [-0.4, -0.2) is 35.8 Å². The number of Topliss-reactive ketones (excluding diaryl/α,β-unsaturated/α-hetero) is 1. The van der Waals surface area contributed by atoms with Gasteiger partial charge in [0.05, 0.1) is 0 Å². The Morgan fingerprint density at radius 2 is 1.52 bits per heavy atom. The number of ether oxygens (including phenoxy) is 1. The van der Waals surface area contributed by atoms with E-state index in [1.54, 1.807) is 6.92 Å². The zero-order valence-electron chi connectivity index (χ0n) is 14.4. The van der Waals surface area contributed by atoms with Crippen LogP contribution in [0.25, 0.3) is 0 Å². The maximum atomic E-state index is 12.6. The van der Waals surface area contributed by atoms with Gasteiger partial charge in [-0.2, -0.15) is 0 Å². The standard InChI is InChI=1S/C21H23NO3/c1-16(25-19-10-6-3-7-11-19)21(24)22-14-12-18(13-15-22)20(23)17-8-4-2-5-9-17/h2-11,16,18H,12-15H2,1H3. The number of carbonyl (C=O) groups is 2. The molecule has 0 aromatic heterocycles. The number of carbonyl (C=O) groups excluding carboxylic acids is 2. The Morgan fingerprint density at radius 3 is 2.12 bits per heavy atom. The molecule has 2 aromatic carbocycles. The van der Waals surface area contributed by atoms with Crippen LogP contribution in [0.2, 0.25) is 0 Å². The minimum absolute atomic E-state index is 0.00296. The lowest BCUT2D eigenvalue weighted by molar-refractivity contribution is -0.139. The molecular formula is C21H23NO3. The molecule has 1 fully saturated rings. The van der Waals surface area contributed by atoms with Gasteiger partial charge >= 0.3 is 0 Å². The molecule has 1 aliphatic rings. The van der Waals surface area contributed by atoms with Crippen molar-refractivity contribution >= 4 is 11.7 Å². The van der Waals surface area contributed by atoms with Gasteiger partial charge in [0.2, 0.25) is 0 Å². The average Bonchev–Trinajstić information content (AvgIpc) is 2.68. The van der Waals surface area contributed by atoms with Crippen LogP contribution < -0.4 is 4.74 Å². The third kappa shape index (κ3) is 4.27. The molecule has 4 nitrogen and oxygen atoms in total. The van der Waals surface area contributed by atoms with E-state index in [4.69, 9.17) is 4.74 Å². The minimum atomic E-state index is -0.524. The lowest BCUT2D eigenvalue weighted by Crippen LogP contribution is -2.45. The SMILES string of the molecule is CC(Oc1ccccc1)C(=O)N1CCC(C(=O)c2ccccc2)CC1. The summed E-state index contributed by atoms with van der Waals surface area (Å²) in [5.41, 5.74) is 0.757. The summed E-state index contributed by atoms with van der Waals surface area (Å²) in [4.78, 5) is 26.9.